The van der Waals surface area contributed by atoms with E-state index in [2.05, 4.69) is 27.4 Å². The number of hydrogen-bond acceptors (Lipinski definition) is 9. The Labute approximate surface area is 239 Å². The molecule has 3 N–H and O–H groups in total. The Morgan fingerprint density at radius 2 is 1.49 bits per heavy atom. The number of benzene rings is 2. The Kier molecular flexibility index (Phi) is 7.50. The van der Waals surface area contributed by atoms with Crippen LogP contribution in [0.2, 0.25) is 0 Å². The van der Waals surface area contributed by atoms with Gasteiger partial charge in [0.15, 0.2) is 5.82 Å². The number of carbonyl (C=O) groups is 1. The van der Waals surface area contributed by atoms with Crippen LogP contribution in [0, 0.1) is 0 Å². The molecule has 2 amide bonds. The summed E-state index contributed by atoms with van der Waals surface area (Å²) in [4.78, 5) is 31.9. The predicted octanol–water partition coefficient (Wildman–Crippen LogP) is 4.00. The summed E-state index contributed by atoms with van der Waals surface area (Å²) in [7, 11) is 0. The maximum atomic E-state index is 12.6. The fraction of sp³-hybridized carbons (Fsp3) is 0.467. The van der Waals surface area contributed by atoms with Gasteiger partial charge in [0.1, 0.15) is 0 Å². The number of aliphatic hydroxyl groups is 1. The number of nitrogens with zero attached hydrogens (tertiary/aromatic N) is 5. The van der Waals surface area contributed by atoms with E-state index in [0.717, 1.165) is 30.5 Å². The molecule has 0 saturated carbocycles. The van der Waals surface area contributed by atoms with Gasteiger partial charge < -0.3 is 35.0 Å². The number of morpholine rings is 2. The molecule has 6 rings (SSSR count). The lowest BCUT2D eigenvalue weighted by Gasteiger charge is -2.36. The smallest absolute Gasteiger partial charge is 0.323 e. The molecule has 3 atom stereocenters. The minimum atomic E-state index is -0.940. The molecule has 3 fully saturated rings. The van der Waals surface area contributed by atoms with Crippen LogP contribution in [0.5, 0.6) is 0 Å². The fourth-order valence-electron chi connectivity index (χ4n) is 5.66. The molecule has 0 radical (unpaired) electrons. The lowest BCUT2D eigenvalue weighted by molar-refractivity contribution is 0.0786. The molecule has 216 valence electrons. The molecule has 2 bridgehead atoms. The van der Waals surface area contributed by atoms with Gasteiger partial charge in [0, 0.05) is 23.5 Å². The monoisotopic (exact) mass is 559 g/mol. The van der Waals surface area contributed by atoms with Crippen LogP contribution in [0.1, 0.15) is 39.2 Å². The Hall–Kier alpha value is -3.80. The van der Waals surface area contributed by atoms with E-state index in [4.69, 9.17) is 24.4 Å². The molecule has 2 unspecified atom stereocenters. The molecule has 0 spiro atoms. The number of nitrogens with one attached hydrogen (secondary N) is 2. The third-order valence-corrected chi connectivity index (χ3v) is 7.96. The van der Waals surface area contributed by atoms with Gasteiger partial charge in [0.05, 0.1) is 50.2 Å². The molecular weight excluding hydrogens is 522 g/mol. The van der Waals surface area contributed by atoms with E-state index in [9.17, 15) is 9.90 Å². The molecule has 2 aromatic carbocycles. The molecule has 4 heterocycles. The quantitative estimate of drug-likeness (QED) is 0.411. The molecule has 3 aliphatic rings. The van der Waals surface area contributed by atoms with Gasteiger partial charge in [-0.25, -0.2) is 4.79 Å². The molecule has 11 heteroatoms. The second-order valence-corrected chi connectivity index (χ2v) is 11.5. The molecule has 0 aliphatic carbocycles. The van der Waals surface area contributed by atoms with E-state index in [-0.39, 0.29) is 24.2 Å². The molecule has 3 saturated heterocycles. The first-order valence-electron chi connectivity index (χ1n) is 14.2. The van der Waals surface area contributed by atoms with E-state index in [1.165, 1.54) is 0 Å². The van der Waals surface area contributed by atoms with Crippen LogP contribution < -0.4 is 20.4 Å². The highest BCUT2D eigenvalue weighted by atomic mass is 16.5. The van der Waals surface area contributed by atoms with Crippen molar-refractivity contribution in [2.75, 3.05) is 53.4 Å². The van der Waals surface area contributed by atoms with Crippen molar-refractivity contribution in [3.63, 3.8) is 0 Å². The van der Waals surface area contributed by atoms with Crippen molar-refractivity contribution in [3.8, 4) is 11.4 Å². The van der Waals surface area contributed by atoms with Gasteiger partial charge in [-0.05, 0) is 75.6 Å². The fourth-order valence-corrected chi connectivity index (χ4v) is 5.66. The van der Waals surface area contributed by atoms with Crippen molar-refractivity contribution in [2.45, 2.75) is 57.3 Å². The summed E-state index contributed by atoms with van der Waals surface area (Å²) in [6.45, 7) is 8.92. The minimum absolute atomic E-state index is 0.157. The lowest BCUT2D eigenvalue weighted by atomic mass is 9.98. The van der Waals surface area contributed by atoms with Crippen molar-refractivity contribution >= 4 is 29.3 Å². The number of amides is 2. The number of carbonyl (C=O) groups excluding carboxylic acids is 1. The average Bonchev–Trinajstić information content (AvgIpc) is 3.21. The van der Waals surface area contributed by atoms with Crippen molar-refractivity contribution in [2.24, 2.45) is 0 Å². The summed E-state index contributed by atoms with van der Waals surface area (Å²) >= 11 is 0. The lowest BCUT2D eigenvalue weighted by Crippen LogP contribution is -2.48. The summed E-state index contributed by atoms with van der Waals surface area (Å²) in [6.07, 6.45) is 2.14. The van der Waals surface area contributed by atoms with Gasteiger partial charge in [-0.3, -0.25) is 0 Å². The first-order valence-corrected chi connectivity index (χ1v) is 14.2. The largest absolute Gasteiger partial charge is 0.386 e. The van der Waals surface area contributed by atoms with Crippen molar-refractivity contribution < 1.29 is 19.4 Å². The highest BCUT2D eigenvalue weighted by molar-refractivity contribution is 5.99. The van der Waals surface area contributed by atoms with Crippen LogP contribution >= 0.6 is 0 Å². The van der Waals surface area contributed by atoms with Crippen molar-refractivity contribution in [1.82, 2.24) is 15.0 Å². The third-order valence-electron chi connectivity index (χ3n) is 7.96. The molecule has 41 heavy (non-hydrogen) atoms. The first kappa shape index (κ1) is 27.4. The summed E-state index contributed by atoms with van der Waals surface area (Å²) in [5, 5.41) is 15.8. The Balaban J connectivity index is 1.21. The number of hydrogen-bond donors (Lipinski definition) is 3. The second-order valence-electron chi connectivity index (χ2n) is 11.5. The second kappa shape index (κ2) is 11.2. The van der Waals surface area contributed by atoms with Gasteiger partial charge in [-0.2, -0.15) is 15.0 Å². The standard InChI is InChI=1S/C30H37N7O4/c1-19-16-40-15-14-36(19)27-33-26(34-28(35-27)37-24-12-13-25(37)18-41-17-24)20-4-8-22(9-5-20)31-29(38)32-23-10-6-21(7-11-23)30(2,3)39/h4-11,19,24-25,39H,12-18H2,1-3H3,(H2,31,32,38)/t19-,24?,25?/m1/s1. The SMILES string of the molecule is C[C@@H]1COCCN1c1nc(-c2ccc(NC(=O)Nc3ccc(C(C)(C)O)cc3)cc2)nc(N2C3CCC2COC3)n1. The number of aromatic nitrogens is 3. The topological polar surface area (TPSA) is 125 Å². The van der Waals surface area contributed by atoms with Crippen LogP contribution in [0.3, 0.4) is 0 Å². The molecular formula is C30H37N7O4. The predicted molar refractivity (Wildman–Crippen MR) is 157 cm³/mol. The van der Waals surface area contributed by atoms with Crippen LogP contribution in [-0.2, 0) is 15.1 Å². The zero-order chi connectivity index (χ0) is 28.6. The Morgan fingerprint density at radius 3 is 2.10 bits per heavy atom. The van der Waals surface area contributed by atoms with Gasteiger partial charge >= 0.3 is 6.03 Å². The van der Waals surface area contributed by atoms with Gasteiger partial charge in [0.2, 0.25) is 11.9 Å². The Bertz CT molecular complexity index is 1360. The molecule has 3 aliphatic heterocycles. The van der Waals surface area contributed by atoms with Crippen LogP contribution in [0.25, 0.3) is 11.4 Å². The summed E-state index contributed by atoms with van der Waals surface area (Å²) in [6, 6.07) is 15.0. The third kappa shape index (κ3) is 5.97. The van der Waals surface area contributed by atoms with Crippen LogP contribution in [0.15, 0.2) is 48.5 Å². The molecule has 3 aromatic rings. The van der Waals surface area contributed by atoms with Crippen molar-refractivity contribution in [3.05, 3.63) is 54.1 Å². The van der Waals surface area contributed by atoms with Crippen LogP contribution in [0.4, 0.5) is 28.1 Å². The number of fused-ring (bicyclic) bond motifs is 2. The van der Waals surface area contributed by atoms with Gasteiger partial charge in [0.25, 0.3) is 0 Å². The summed E-state index contributed by atoms with van der Waals surface area (Å²) in [5.41, 5.74) is 1.94. The van der Waals surface area contributed by atoms with E-state index in [1.807, 2.05) is 24.3 Å². The first-order chi connectivity index (χ1) is 19.7. The number of ether oxygens (including phenoxy) is 2. The zero-order valence-corrected chi connectivity index (χ0v) is 23.7. The molecule has 11 nitrogen and oxygen atoms in total. The average molecular weight is 560 g/mol. The number of urea groups is 1. The van der Waals surface area contributed by atoms with Crippen LogP contribution in [-0.4, -0.2) is 77.2 Å². The number of rotatable bonds is 6. The molecule has 1 aromatic heterocycles. The highest BCUT2D eigenvalue weighted by Crippen LogP contribution is 2.34. The van der Waals surface area contributed by atoms with E-state index < -0.39 is 5.60 Å². The maximum Gasteiger partial charge on any atom is 0.323 e. The van der Waals surface area contributed by atoms with E-state index >= 15 is 0 Å². The van der Waals surface area contributed by atoms with E-state index in [1.54, 1.807) is 38.1 Å². The van der Waals surface area contributed by atoms with Gasteiger partial charge in [-0.1, -0.05) is 12.1 Å². The summed E-state index contributed by atoms with van der Waals surface area (Å²) in [5.74, 6) is 1.94. The van der Waals surface area contributed by atoms with Crippen molar-refractivity contribution in [1.29, 1.82) is 0 Å². The van der Waals surface area contributed by atoms with E-state index in [0.29, 0.717) is 55.5 Å². The maximum absolute atomic E-state index is 12.6. The highest BCUT2D eigenvalue weighted by Gasteiger charge is 2.39. The zero-order valence-electron chi connectivity index (χ0n) is 23.7. The number of anilines is 4. The normalized spacial score (nSPS) is 22.5. The minimum Gasteiger partial charge on any atom is -0.386 e. The summed E-state index contributed by atoms with van der Waals surface area (Å²) < 4.78 is 11.4. The van der Waals surface area contributed by atoms with Gasteiger partial charge in [-0.15, -0.1) is 0 Å². The Morgan fingerprint density at radius 1 is 0.878 bits per heavy atom.